The monoisotopic (exact) mass is 227 g/mol. The van der Waals surface area contributed by atoms with E-state index in [-0.39, 0.29) is 0 Å². The van der Waals surface area contributed by atoms with E-state index >= 15 is 0 Å². The minimum atomic E-state index is 0.454. The third kappa shape index (κ3) is 5.14. The van der Waals surface area contributed by atoms with E-state index in [1.807, 2.05) is 0 Å². The molecule has 0 saturated carbocycles. The van der Waals surface area contributed by atoms with Crippen LogP contribution in [0, 0.1) is 0 Å². The van der Waals surface area contributed by atoms with E-state index in [1.54, 1.807) is 31.7 Å². The number of methoxy groups -OCH3 is 1. The van der Waals surface area contributed by atoms with Gasteiger partial charge in [0, 0.05) is 13.7 Å². The Morgan fingerprint density at radius 3 is 3.27 bits per heavy atom. The number of nitrogens with zero attached hydrogens (tertiary/aromatic N) is 1. The highest BCUT2D eigenvalue weighted by molar-refractivity contribution is 7.80. The summed E-state index contributed by atoms with van der Waals surface area (Å²) in [5.74, 6) is 0.669. The Morgan fingerprint density at radius 1 is 1.73 bits per heavy atom. The average molecular weight is 227 g/mol. The second kappa shape index (κ2) is 6.97. The van der Waals surface area contributed by atoms with Crippen LogP contribution in [0.15, 0.2) is 27.9 Å². The summed E-state index contributed by atoms with van der Waals surface area (Å²) in [6.07, 6.45) is 3.13. The van der Waals surface area contributed by atoms with Gasteiger partial charge in [-0.25, -0.2) is 0 Å². The molecule has 6 heteroatoms. The Hall–Kier alpha value is -1.40. The largest absolute Gasteiger partial charge is 0.463 e. The standard InChI is InChI=1S/C9H13N3O2S/c1-13-6-4-10-9(15)12-11-7-8-3-2-5-14-8/h2-3,5,7H,4,6H2,1H3,(H2,10,12,15)/b11-7+. The van der Waals surface area contributed by atoms with Crippen molar-refractivity contribution < 1.29 is 9.15 Å². The number of hydrogen-bond acceptors (Lipinski definition) is 4. The molecule has 0 aromatic carbocycles. The van der Waals surface area contributed by atoms with Crippen molar-refractivity contribution in [3.8, 4) is 0 Å². The fourth-order valence-electron chi connectivity index (χ4n) is 0.825. The Labute approximate surface area is 93.5 Å². The number of rotatable bonds is 5. The van der Waals surface area contributed by atoms with E-state index in [4.69, 9.17) is 21.4 Å². The van der Waals surface area contributed by atoms with Crippen molar-refractivity contribution in [3.05, 3.63) is 24.2 Å². The molecule has 0 aliphatic heterocycles. The first-order valence-corrected chi connectivity index (χ1v) is 4.83. The summed E-state index contributed by atoms with van der Waals surface area (Å²) >= 11 is 4.94. The molecule has 1 rings (SSSR count). The van der Waals surface area contributed by atoms with Crippen molar-refractivity contribution in [2.24, 2.45) is 5.10 Å². The molecule has 15 heavy (non-hydrogen) atoms. The SMILES string of the molecule is COCCNC(=S)N/N=C/c1ccco1. The van der Waals surface area contributed by atoms with Gasteiger partial charge >= 0.3 is 0 Å². The summed E-state index contributed by atoms with van der Waals surface area (Å²) in [4.78, 5) is 0. The highest BCUT2D eigenvalue weighted by Gasteiger charge is 1.91. The minimum absolute atomic E-state index is 0.454. The molecule has 2 N–H and O–H groups in total. The van der Waals surface area contributed by atoms with E-state index in [9.17, 15) is 0 Å². The zero-order valence-corrected chi connectivity index (χ0v) is 9.21. The summed E-state index contributed by atoms with van der Waals surface area (Å²) in [7, 11) is 1.63. The lowest BCUT2D eigenvalue weighted by Crippen LogP contribution is -2.34. The maximum atomic E-state index is 5.04. The molecule has 0 atom stereocenters. The molecule has 0 bridgehead atoms. The molecule has 0 saturated heterocycles. The van der Waals surface area contributed by atoms with E-state index < -0.39 is 0 Å². The first-order valence-electron chi connectivity index (χ1n) is 4.42. The minimum Gasteiger partial charge on any atom is -0.463 e. The van der Waals surface area contributed by atoms with Crippen LogP contribution in [0.5, 0.6) is 0 Å². The van der Waals surface area contributed by atoms with Crippen molar-refractivity contribution in [1.82, 2.24) is 10.7 Å². The van der Waals surface area contributed by atoms with Gasteiger partial charge in [-0.05, 0) is 24.4 Å². The van der Waals surface area contributed by atoms with Gasteiger partial charge in [-0.3, -0.25) is 5.43 Å². The predicted molar refractivity (Wildman–Crippen MR) is 61.9 cm³/mol. The van der Waals surface area contributed by atoms with Crippen LogP contribution < -0.4 is 10.7 Å². The molecule has 0 amide bonds. The number of thiocarbonyl (C=S) groups is 1. The quantitative estimate of drug-likeness (QED) is 0.336. The summed E-state index contributed by atoms with van der Waals surface area (Å²) < 4.78 is 9.89. The van der Waals surface area contributed by atoms with Gasteiger partial charge in [0.2, 0.25) is 0 Å². The van der Waals surface area contributed by atoms with E-state index in [0.717, 1.165) is 0 Å². The lowest BCUT2D eigenvalue weighted by atomic mass is 10.5. The molecular formula is C9H13N3O2S. The molecule has 1 aromatic heterocycles. The Kier molecular flexibility index (Phi) is 5.42. The van der Waals surface area contributed by atoms with Gasteiger partial charge in [0.25, 0.3) is 0 Å². The molecule has 0 unspecified atom stereocenters. The number of ether oxygens (including phenoxy) is 1. The van der Waals surface area contributed by atoms with Gasteiger partial charge in [-0.1, -0.05) is 0 Å². The summed E-state index contributed by atoms with van der Waals surface area (Å²) in [5, 5.41) is 7.25. The number of hydrazone groups is 1. The van der Waals surface area contributed by atoms with Crippen LogP contribution in [0.2, 0.25) is 0 Å². The first kappa shape index (κ1) is 11.7. The van der Waals surface area contributed by atoms with Crippen LogP contribution in [0.4, 0.5) is 0 Å². The van der Waals surface area contributed by atoms with Gasteiger partial charge < -0.3 is 14.5 Å². The predicted octanol–water partition coefficient (Wildman–Crippen LogP) is 0.724. The molecule has 0 spiro atoms. The number of furan rings is 1. The fraction of sp³-hybridized carbons (Fsp3) is 0.333. The molecule has 0 aliphatic rings. The van der Waals surface area contributed by atoms with Crippen LogP contribution in [-0.4, -0.2) is 31.6 Å². The number of hydrogen-bond donors (Lipinski definition) is 2. The van der Waals surface area contributed by atoms with Crippen molar-refractivity contribution in [1.29, 1.82) is 0 Å². The van der Waals surface area contributed by atoms with E-state index in [1.165, 1.54) is 0 Å². The topological polar surface area (TPSA) is 58.8 Å². The van der Waals surface area contributed by atoms with Crippen molar-refractivity contribution in [2.75, 3.05) is 20.3 Å². The third-order valence-corrected chi connectivity index (χ3v) is 1.73. The molecule has 1 heterocycles. The smallest absolute Gasteiger partial charge is 0.187 e. The zero-order valence-electron chi connectivity index (χ0n) is 8.40. The highest BCUT2D eigenvalue weighted by Crippen LogP contribution is 1.94. The fourth-order valence-corrected chi connectivity index (χ4v) is 0.980. The van der Waals surface area contributed by atoms with Crippen molar-refractivity contribution >= 4 is 23.5 Å². The second-order valence-electron chi connectivity index (χ2n) is 2.63. The van der Waals surface area contributed by atoms with Gasteiger partial charge in [-0.15, -0.1) is 0 Å². The third-order valence-electron chi connectivity index (χ3n) is 1.49. The van der Waals surface area contributed by atoms with Crippen LogP contribution in [0.1, 0.15) is 5.76 Å². The summed E-state index contributed by atoms with van der Waals surface area (Å²) in [5.41, 5.74) is 2.65. The molecule has 0 aliphatic carbocycles. The van der Waals surface area contributed by atoms with Crippen molar-refractivity contribution in [3.63, 3.8) is 0 Å². The molecule has 82 valence electrons. The Bertz CT molecular complexity index is 311. The lowest BCUT2D eigenvalue weighted by molar-refractivity contribution is 0.204. The molecule has 1 aromatic rings. The Balaban J connectivity index is 2.16. The molecule has 0 fully saturated rings. The maximum Gasteiger partial charge on any atom is 0.187 e. The Morgan fingerprint density at radius 2 is 2.60 bits per heavy atom. The average Bonchev–Trinajstić information content (AvgIpc) is 2.71. The number of nitrogens with one attached hydrogen (secondary N) is 2. The first-order chi connectivity index (χ1) is 7.33. The van der Waals surface area contributed by atoms with Crippen LogP contribution in [0.3, 0.4) is 0 Å². The molecular weight excluding hydrogens is 214 g/mol. The van der Waals surface area contributed by atoms with E-state index in [2.05, 4.69) is 15.8 Å². The van der Waals surface area contributed by atoms with E-state index in [0.29, 0.717) is 24.0 Å². The molecule has 0 radical (unpaired) electrons. The van der Waals surface area contributed by atoms with Crippen LogP contribution in [-0.2, 0) is 4.74 Å². The van der Waals surface area contributed by atoms with Crippen molar-refractivity contribution in [2.45, 2.75) is 0 Å². The molecule has 5 nitrogen and oxygen atoms in total. The zero-order chi connectivity index (χ0) is 10.9. The maximum absolute atomic E-state index is 5.04. The van der Waals surface area contributed by atoms with Gasteiger partial charge in [0.05, 0.1) is 19.1 Å². The summed E-state index contributed by atoms with van der Waals surface area (Å²) in [6.45, 7) is 1.25. The van der Waals surface area contributed by atoms with Crippen LogP contribution in [0.25, 0.3) is 0 Å². The van der Waals surface area contributed by atoms with Gasteiger partial charge in [0.15, 0.2) is 5.11 Å². The summed E-state index contributed by atoms with van der Waals surface area (Å²) in [6, 6.07) is 3.59. The second-order valence-corrected chi connectivity index (χ2v) is 3.04. The van der Waals surface area contributed by atoms with Gasteiger partial charge in [0.1, 0.15) is 5.76 Å². The normalized spacial score (nSPS) is 10.5. The van der Waals surface area contributed by atoms with Crippen LogP contribution >= 0.6 is 12.2 Å². The lowest BCUT2D eigenvalue weighted by Gasteiger charge is -2.04. The van der Waals surface area contributed by atoms with Gasteiger partial charge in [-0.2, -0.15) is 5.10 Å². The highest BCUT2D eigenvalue weighted by atomic mass is 32.1.